The molecule has 0 radical (unpaired) electrons. The molecule has 1 unspecified atom stereocenters. The highest BCUT2D eigenvalue weighted by Gasteiger charge is 2.19. The molecule has 0 rings (SSSR count). The van der Waals surface area contributed by atoms with Crippen molar-refractivity contribution in [1.82, 2.24) is 0 Å². The van der Waals surface area contributed by atoms with Gasteiger partial charge in [0.15, 0.2) is 6.10 Å². The highest BCUT2D eigenvalue weighted by Crippen LogP contribution is 2.19. The van der Waals surface area contributed by atoms with Gasteiger partial charge in [0.2, 0.25) is 0 Å². The van der Waals surface area contributed by atoms with Gasteiger partial charge >= 0.3 is 17.9 Å². The number of hydrogen-bond donors (Lipinski definition) is 0. The van der Waals surface area contributed by atoms with Crippen LogP contribution in [0.25, 0.3) is 0 Å². The van der Waals surface area contributed by atoms with Crippen molar-refractivity contribution in [2.24, 2.45) is 0 Å². The van der Waals surface area contributed by atoms with Gasteiger partial charge in [-0.3, -0.25) is 14.4 Å². The quantitative estimate of drug-likeness (QED) is 0.0261. The van der Waals surface area contributed by atoms with E-state index in [1.807, 2.05) is 0 Å². The Morgan fingerprint density at radius 3 is 0.744 bits per heavy atom. The van der Waals surface area contributed by atoms with Crippen molar-refractivity contribution in [3.8, 4) is 0 Å². The largest absolute Gasteiger partial charge is 0.462 e. The van der Waals surface area contributed by atoms with Crippen LogP contribution in [-0.4, -0.2) is 37.2 Å². The molecule has 6 heteroatoms. The Kier molecular flexibility index (Phi) is 68.1. The number of carbonyl (C=O) groups is 3. The zero-order valence-electron chi connectivity index (χ0n) is 55.0. The van der Waals surface area contributed by atoms with Crippen LogP contribution in [0, 0.1) is 0 Å². The van der Waals surface area contributed by atoms with Gasteiger partial charge in [-0.1, -0.05) is 364 Å². The standard InChI is InChI=1S/C76H138O6/c1-4-7-10-13-16-19-22-25-27-29-31-33-35-37-39-40-42-44-46-48-51-54-57-60-63-66-69-75(78)81-72-73(71-80-74(77)68-65-62-59-56-53-50-24-21-18-15-12-9-6-3)82-76(79)70-67-64-61-58-55-52-49-47-45-43-41-38-36-34-32-30-28-26-23-20-17-14-11-8-5-2/h8,11,17,20,26,28,32,34,38,41,73H,4-7,9-10,12-16,18-19,21-25,27,29-31,33,35-37,39-40,42-72H2,1-3H3/b11-8-,20-17-,28-26-,34-32-,41-38-. The fraction of sp³-hybridized carbons (Fsp3) is 0.829. The van der Waals surface area contributed by atoms with Gasteiger partial charge in [0, 0.05) is 19.3 Å². The minimum absolute atomic E-state index is 0.0710. The van der Waals surface area contributed by atoms with Crippen LogP contribution in [0.1, 0.15) is 387 Å². The molecule has 0 N–H and O–H groups in total. The molecule has 0 fully saturated rings. The first-order chi connectivity index (χ1) is 40.5. The number of carbonyl (C=O) groups excluding carboxylic acids is 3. The predicted molar refractivity (Wildman–Crippen MR) is 358 cm³/mol. The summed E-state index contributed by atoms with van der Waals surface area (Å²) in [5.74, 6) is -0.850. The number of rotatable bonds is 67. The lowest BCUT2D eigenvalue weighted by atomic mass is 10.0. The van der Waals surface area contributed by atoms with Gasteiger partial charge in [0.05, 0.1) is 0 Å². The van der Waals surface area contributed by atoms with Gasteiger partial charge in [-0.25, -0.2) is 0 Å². The highest BCUT2D eigenvalue weighted by molar-refractivity contribution is 5.71. The van der Waals surface area contributed by atoms with Crippen LogP contribution in [-0.2, 0) is 28.6 Å². The molecule has 0 saturated carbocycles. The summed E-state index contributed by atoms with van der Waals surface area (Å²) in [6, 6.07) is 0. The van der Waals surface area contributed by atoms with Crippen LogP contribution in [0.3, 0.4) is 0 Å². The summed E-state index contributed by atoms with van der Waals surface area (Å²) >= 11 is 0. The average Bonchev–Trinajstić information content (AvgIpc) is 3.47. The first-order valence-electron chi connectivity index (χ1n) is 36.3. The molecule has 0 bridgehead atoms. The van der Waals surface area contributed by atoms with Crippen LogP contribution < -0.4 is 0 Å². The molecule has 0 aromatic heterocycles. The maximum absolute atomic E-state index is 13.0. The fourth-order valence-electron chi connectivity index (χ4n) is 10.9. The molecular formula is C76H138O6. The Morgan fingerprint density at radius 2 is 0.476 bits per heavy atom. The minimum atomic E-state index is -0.776. The van der Waals surface area contributed by atoms with Crippen molar-refractivity contribution in [2.75, 3.05) is 13.2 Å². The summed E-state index contributed by atoms with van der Waals surface area (Å²) in [6.07, 6.45) is 91.1. The second kappa shape index (κ2) is 70.6. The second-order valence-corrected chi connectivity index (χ2v) is 24.5. The van der Waals surface area contributed by atoms with Gasteiger partial charge in [-0.05, 0) is 64.2 Å². The molecule has 0 aliphatic heterocycles. The van der Waals surface area contributed by atoms with Gasteiger partial charge in [-0.15, -0.1) is 0 Å². The fourth-order valence-corrected chi connectivity index (χ4v) is 10.9. The van der Waals surface area contributed by atoms with Gasteiger partial charge in [0.1, 0.15) is 13.2 Å². The molecule has 0 heterocycles. The molecule has 478 valence electrons. The molecule has 1 atom stereocenters. The van der Waals surface area contributed by atoms with E-state index in [2.05, 4.69) is 81.5 Å². The SMILES string of the molecule is CC/C=C\C/C=C\C/C=C\C/C=C\C/C=C\CCCCCCCCCCCC(=O)OC(COC(=O)CCCCCCCCCCCCCCC)COC(=O)CCCCCCCCCCCCCCCCCCCCCCCCCCCC. The van der Waals surface area contributed by atoms with E-state index < -0.39 is 6.10 Å². The van der Waals surface area contributed by atoms with E-state index in [0.717, 1.165) is 96.3 Å². The van der Waals surface area contributed by atoms with Gasteiger partial charge in [0.25, 0.3) is 0 Å². The summed E-state index contributed by atoms with van der Waals surface area (Å²) in [5, 5.41) is 0. The van der Waals surface area contributed by atoms with Gasteiger partial charge < -0.3 is 14.2 Å². The molecule has 0 aromatic rings. The molecule has 0 saturated heterocycles. The Morgan fingerprint density at radius 1 is 0.256 bits per heavy atom. The van der Waals surface area contributed by atoms with E-state index in [1.54, 1.807) is 0 Å². The third kappa shape index (κ3) is 67.9. The Bertz CT molecular complexity index is 1460. The zero-order valence-corrected chi connectivity index (χ0v) is 55.0. The van der Waals surface area contributed by atoms with E-state index in [9.17, 15) is 14.4 Å². The van der Waals surface area contributed by atoms with Crippen molar-refractivity contribution >= 4 is 17.9 Å². The van der Waals surface area contributed by atoms with E-state index >= 15 is 0 Å². The minimum Gasteiger partial charge on any atom is -0.462 e. The molecular weight excluding hydrogens is 1010 g/mol. The monoisotopic (exact) mass is 1150 g/mol. The van der Waals surface area contributed by atoms with Crippen LogP contribution >= 0.6 is 0 Å². The maximum atomic E-state index is 13.0. The third-order valence-electron chi connectivity index (χ3n) is 16.3. The van der Waals surface area contributed by atoms with Crippen molar-refractivity contribution in [3.05, 3.63) is 60.8 Å². The van der Waals surface area contributed by atoms with E-state index in [4.69, 9.17) is 14.2 Å². The van der Waals surface area contributed by atoms with Crippen molar-refractivity contribution < 1.29 is 28.6 Å². The number of esters is 3. The summed E-state index contributed by atoms with van der Waals surface area (Å²) in [5.41, 5.74) is 0. The average molecular weight is 1150 g/mol. The lowest BCUT2D eigenvalue weighted by Crippen LogP contribution is -2.30. The lowest BCUT2D eigenvalue weighted by molar-refractivity contribution is -0.167. The third-order valence-corrected chi connectivity index (χ3v) is 16.3. The number of ether oxygens (including phenoxy) is 3. The highest BCUT2D eigenvalue weighted by atomic mass is 16.6. The second-order valence-electron chi connectivity index (χ2n) is 24.5. The van der Waals surface area contributed by atoms with Crippen molar-refractivity contribution in [1.29, 1.82) is 0 Å². The van der Waals surface area contributed by atoms with Crippen molar-refractivity contribution in [3.63, 3.8) is 0 Å². The summed E-state index contributed by atoms with van der Waals surface area (Å²) in [6.45, 7) is 6.59. The van der Waals surface area contributed by atoms with Crippen molar-refractivity contribution in [2.45, 2.75) is 393 Å². The molecule has 6 nitrogen and oxygen atoms in total. The van der Waals surface area contributed by atoms with Crippen LogP contribution in [0.5, 0.6) is 0 Å². The maximum Gasteiger partial charge on any atom is 0.306 e. The first-order valence-corrected chi connectivity index (χ1v) is 36.3. The Hall–Kier alpha value is -2.89. The Balaban J connectivity index is 4.24. The molecule has 0 amide bonds. The van der Waals surface area contributed by atoms with Crippen LogP contribution in [0.15, 0.2) is 60.8 Å². The van der Waals surface area contributed by atoms with Crippen LogP contribution in [0.4, 0.5) is 0 Å². The predicted octanol–water partition coefficient (Wildman–Crippen LogP) is 25.1. The molecule has 0 spiro atoms. The van der Waals surface area contributed by atoms with Crippen LogP contribution in [0.2, 0.25) is 0 Å². The number of hydrogen-bond acceptors (Lipinski definition) is 6. The topological polar surface area (TPSA) is 78.9 Å². The molecule has 0 aliphatic carbocycles. The normalized spacial score (nSPS) is 12.4. The first kappa shape index (κ1) is 79.1. The molecule has 0 aliphatic rings. The Labute approximate surface area is 510 Å². The van der Waals surface area contributed by atoms with Gasteiger partial charge in [-0.2, -0.15) is 0 Å². The zero-order chi connectivity index (χ0) is 59.2. The van der Waals surface area contributed by atoms with E-state index in [-0.39, 0.29) is 31.1 Å². The smallest absolute Gasteiger partial charge is 0.306 e. The lowest BCUT2D eigenvalue weighted by Gasteiger charge is -2.18. The van der Waals surface area contributed by atoms with E-state index in [0.29, 0.717) is 19.3 Å². The summed E-state index contributed by atoms with van der Waals surface area (Å²) in [4.78, 5) is 38.5. The number of unbranched alkanes of at least 4 members (excludes halogenated alkanes) is 46. The van der Waals surface area contributed by atoms with E-state index in [1.165, 1.54) is 250 Å². The molecule has 82 heavy (non-hydrogen) atoms. The summed E-state index contributed by atoms with van der Waals surface area (Å²) in [7, 11) is 0. The summed E-state index contributed by atoms with van der Waals surface area (Å²) < 4.78 is 17.0. The molecule has 0 aromatic carbocycles. The number of allylic oxidation sites excluding steroid dienone is 10.